The van der Waals surface area contributed by atoms with Crippen LogP contribution in [0.1, 0.15) is 31.4 Å². The van der Waals surface area contributed by atoms with Crippen LogP contribution in [-0.4, -0.2) is 38.0 Å². The largest absolute Gasteiger partial charge is 0.396 e. The average Bonchev–Trinajstić information content (AvgIpc) is 2.43. The van der Waals surface area contributed by atoms with Gasteiger partial charge < -0.3 is 5.11 Å². The van der Waals surface area contributed by atoms with Crippen LogP contribution in [0.15, 0.2) is 30.3 Å². The maximum absolute atomic E-state index is 12.1. The minimum Gasteiger partial charge on any atom is -0.396 e. The summed E-state index contributed by atoms with van der Waals surface area (Å²) in [5, 5.41) is 8.75. The van der Waals surface area contributed by atoms with Crippen molar-refractivity contribution in [3.8, 4) is 0 Å². The molecule has 0 spiro atoms. The lowest BCUT2D eigenvalue weighted by molar-refractivity contribution is 0.275. The number of hydrogen-bond acceptors (Lipinski definition) is 3. The molecule has 1 atom stereocenters. The molecular weight excluding hydrogens is 264 g/mol. The molecule has 0 fully saturated rings. The second-order valence-electron chi connectivity index (χ2n) is 4.39. The average molecular weight is 286 g/mol. The summed E-state index contributed by atoms with van der Waals surface area (Å²) in [6.45, 7) is 2.22. The van der Waals surface area contributed by atoms with Crippen molar-refractivity contribution in [3.05, 3.63) is 35.9 Å². The van der Waals surface area contributed by atoms with Crippen molar-refractivity contribution in [2.75, 3.05) is 20.2 Å². The van der Waals surface area contributed by atoms with Crippen molar-refractivity contribution in [3.63, 3.8) is 0 Å². The summed E-state index contributed by atoms with van der Waals surface area (Å²) >= 11 is 0. The molecule has 0 aliphatic heterocycles. The quantitative estimate of drug-likeness (QED) is 0.756. The molecule has 0 aromatic heterocycles. The second kappa shape index (κ2) is 7.59. The van der Waals surface area contributed by atoms with Crippen molar-refractivity contribution < 1.29 is 13.5 Å². The first-order chi connectivity index (χ1) is 9.01. The van der Waals surface area contributed by atoms with E-state index in [2.05, 4.69) is 4.72 Å². The van der Waals surface area contributed by atoms with Gasteiger partial charge in [-0.1, -0.05) is 37.3 Å². The highest BCUT2D eigenvalue weighted by atomic mass is 32.2. The Morgan fingerprint density at radius 2 is 1.95 bits per heavy atom. The number of nitrogens with one attached hydrogen (secondary N) is 1. The van der Waals surface area contributed by atoms with E-state index in [-0.39, 0.29) is 12.6 Å². The summed E-state index contributed by atoms with van der Waals surface area (Å²) < 4.78 is 28.1. The Morgan fingerprint density at radius 1 is 1.32 bits per heavy atom. The van der Waals surface area contributed by atoms with Gasteiger partial charge in [0.1, 0.15) is 0 Å². The van der Waals surface area contributed by atoms with Crippen LogP contribution in [0.4, 0.5) is 0 Å². The molecule has 2 N–H and O–H groups in total. The van der Waals surface area contributed by atoms with E-state index in [9.17, 15) is 8.42 Å². The van der Waals surface area contributed by atoms with Gasteiger partial charge in [0.2, 0.25) is 0 Å². The van der Waals surface area contributed by atoms with E-state index in [1.165, 1.54) is 11.4 Å². The van der Waals surface area contributed by atoms with Crippen LogP contribution in [-0.2, 0) is 10.2 Å². The van der Waals surface area contributed by atoms with Crippen LogP contribution in [0, 0.1) is 0 Å². The van der Waals surface area contributed by atoms with Crippen LogP contribution >= 0.6 is 0 Å². The van der Waals surface area contributed by atoms with Crippen LogP contribution < -0.4 is 4.72 Å². The molecule has 0 amide bonds. The molecule has 1 rings (SSSR count). The van der Waals surface area contributed by atoms with Gasteiger partial charge in [-0.3, -0.25) is 0 Å². The van der Waals surface area contributed by atoms with Crippen LogP contribution in [0.5, 0.6) is 0 Å². The third-order valence-electron chi connectivity index (χ3n) is 2.94. The molecular formula is C13H22N2O3S. The number of benzene rings is 1. The topological polar surface area (TPSA) is 69.6 Å². The highest BCUT2D eigenvalue weighted by molar-refractivity contribution is 7.87. The maximum atomic E-state index is 12.1. The SMILES string of the molecule is CCC(NS(=O)(=O)N(C)CCCO)c1ccccc1. The van der Waals surface area contributed by atoms with Gasteiger partial charge in [0.05, 0.1) is 0 Å². The van der Waals surface area contributed by atoms with Gasteiger partial charge in [0.15, 0.2) is 0 Å². The van der Waals surface area contributed by atoms with Crippen molar-refractivity contribution in [1.29, 1.82) is 0 Å². The van der Waals surface area contributed by atoms with Gasteiger partial charge in [-0.05, 0) is 18.4 Å². The molecule has 0 aliphatic rings. The lowest BCUT2D eigenvalue weighted by Crippen LogP contribution is -2.40. The number of rotatable bonds is 8. The molecule has 108 valence electrons. The summed E-state index contributed by atoms with van der Waals surface area (Å²) in [6, 6.07) is 9.26. The standard InChI is InChI=1S/C13H22N2O3S/c1-3-13(12-8-5-4-6-9-12)14-19(17,18)15(2)10-7-11-16/h4-6,8-9,13-14,16H,3,7,10-11H2,1-2H3. The molecule has 5 nitrogen and oxygen atoms in total. The van der Waals surface area contributed by atoms with Crippen molar-refractivity contribution >= 4 is 10.2 Å². The predicted molar refractivity (Wildman–Crippen MR) is 75.9 cm³/mol. The Labute approximate surface area is 115 Å². The molecule has 1 aromatic carbocycles. The Kier molecular flexibility index (Phi) is 6.44. The summed E-state index contributed by atoms with van der Waals surface area (Å²) in [6.07, 6.45) is 1.11. The lowest BCUT2D eigenvalue weighted by atomic mass is 10.1. The van der Waals surface area contributed by atoms with E-state index in [1.807, 2.05) is 37.3 Å². The summed E-state index contributed by atoms with van der Waals surface area (Å²) in [7, 11) is -2.01. The predicted octanol–water partition coefficient (Wildman–Crippen LogP) is 1.29. The smallest absolute Gasteiger partial charge is 0.279 e. The van der Waals surface area contributed by atoms with Gasteiger partial charge >= 0.3 is 0 Å². The molecule has 1 unspecified atom stereocenters. The number of nitrogens with zero attached hydrogens (tertiary/aromatic N) is 1. The molecule has 0 aliphatic carbocycles. The zero-order chi connectivity index (χ0) is 14.3. The molecule has 0 saturated heterocycles. The Bertz CT molecular complexity index is 462. The van der Waals surface area contributed by atoms with Gasteiger partial charge in [-0.15, -0.1) is 0 Å². The normalized spacial score (nSPS) is 13.7. The Balaban J connectivity index is 2.75. The summed E-state index contributed by atoms with van der Waals surface area (Å²) in [4.78, 5) is 0. The molecule has 0 radical (unpaired) electrons. The van der Waals surface area contributed by atoms with E-state index in [4.69, 9.17) is 5.11 Å². The Hall–Kier alpha value is -0.950. The van der Waals surface area contributed by atoms with Crippen molar-refractivity contribution in [2.24, 2.45) is 0 Å². The fraction of sp³-hybridized carbons (Fsp3) is 0.538. The lowest BCUT2D eigenvalue weighted by Gasteiger charge is -2.22. The number of hydrogen-bond donors (Lipinski definition) is 2. The second-order valence-corrected chi connectivity index (χ2v) is 6.20. The zero-order valence-electron chi connectivity index (χ0n) is 11.4. The van der Waals surface area contributed by atoms with Gasteiger partial charge in [-0.25, -0.2) is 0 Å². The molecule has 6 heteroatoms. The molecule has 0 saturated carbocycles. The van der Waals surface area contributed by atoms with E-state index >= 15 is 0 Å². The number of aliphatic hydroxyl groups is 1. The molecule has 1 aromatic rings. The first kappa shape index (κ1) is 16.1. The zero-order valence-corrected chi connectivity index (χ0v) is 12.2. The minimum atomic E-state index is -3.52. The monoisotopic (exact) mass is 286 g/mol. The number of aliphatic hydroxyl groups excluding tert-OH is 1. The molecule has 0 bridgehead atoms. The van der Waals surface area contributed by atoms with Gasteiger partial charge in [0.25, 0.3) is 10.2 Å². The van der Waals surface area contributed by atoms with E-state index in [0.717, 1.165) is 5.56 Å². The maximum Gasteiger partial charge on any atom is 0.279 e. The van der Waals surface area contributed by atoms with Crippen LogP contribution in [0.25, 0.3) is 0 Å². The molecule has 19 heavy (non-hydrogen) atoms. The summed E-state index contributed by atoms with van der Waals surface area (Å²) in [5.74, 6) is 0. The fourth-order valence-electron chi connectivity index (χ4n) is 1.76. The van der Waals surface area contributed by atoms with E-state index in [0.29, 0.717) is 19.4 Å². The van der Waals surface area contributed by atoms with Gasteiger partial charge in [0, 0.05) is 26.2 Å². The first-order valence-corrected chi connectivity index (χ1v) is 7.84. The Morgan fingerprint density at radius 3 is 2.47 bits per heavy atom. The van der Waals surface area contributed by atoms with Crippen LogP contribution in [0.3, 0.4) is 0 Å². The van der Waals surface area contributed by atoms with Crippen molar-refractivity contribution in [2.45, 2.75) is 25.8 Å². The fourth-order valence-corrected chi connectivity index (χ4v) is 2.97. The third kappa shape index (κ3) is 4.91. The highest BCUT2D eigenvalue weighted by Gasteiger charge is 2.21. The van der Waals surface area contributed by atoms with Gasteiger partial charge in [-0.2, -0.15) is 17.4 Å². The first-order valence-electron chi connectivity index (χ1n) is 6.40. The highest BCUT2D eigenvalue weighted by Crippen LogP contribution is 2.17. The van der Waals surface area contributed by atoms with Crippen LogP contribution in [0.2, 0.25) is 0 Å². The molecule has 0 heterocycles. The van der Waals surface area contributed by atoms with E-state index in [1.54, 1.807) is 0 Å². The summed E-state index contributed by atoms with van der Waals surface area (Å²) in [5.41, 5.74) is 0.948. The minimum absolute atomic E-state index is 0.0181. The van der Waals surface area contributed by atoms with E-state index < -0.39 is 10.2 Å². The van der Waals surface area contributed by atoms with Crippen molar-refractivity contribution in [1.82, 2.24) is 9.03 Å². The third-order valence-corrected chi connectivity index (χ3v) is 4.53.